The van der Waals surface area contributed by atoms with Gasteiger partial charge in [0.05, 0.1) is 28.3 Å². The van der Waals surface area contributed by atoms with Crippen LogP contribution in [0.15, 0.2) is 65.8 Å². The van der Waals surface area contributed by atoms with E-state index in [1.54, 1.807) is 36.7 Å². The molecule has 0 atom stereocenters. The zero-order chi connectivity index (χ0) is 23.6. The summed E-state index contributed by atoms with van der Waals surface area (Å²) in [6, 6.07) is 11.1. The van der Waals surface area contributed by atoms with Crippen LogP contribution in [0.5, 0.6) is 5.75 Å². The SMILES string of the molecule is COc1ccc(Cl)c2sc(N(Cc3cccnc3)C(=O)CS(=O)(=O)c3ccc(F)cc3)nc12. The van der Waals surface area contributed by atoms with Crippen molar-refractivity contribution in [2.75, 3.05) is 17.8 Å². The van der Waals surface area contributed by atoms with Gasteiger partial charge >= 0.3 is 0 Å². The molecule has 2 aromatic carbocycles. The van der Waals surface area contributed by atoms with Crippen molar-refractivity contribution in [3.63, 3.8) is 0 Å². The van der Waals surface area contributed by atoms with Crippen LogP contribution in [0.25, 0.3) is 10.2 Å². The quantitative estimate of drug-likeness (QED) is 0.343. The predicted molar refractivity (Wildman–Crippen MR) is 125 cm³/mol. The predicted octanol–water partition coefficient (Wildman–Crippen LogP) is 4.50. The molecule has 0 bridgehead atoms. The van der Waals surface area contributed by atoms with Gasteiger partial charge in [0, 0.05) is 12.4 Å². The van der Waals surface area contributed by atoms with Crippen molar-refractivity contribution < 1.29 is 22.3 Å². The van der Waals surface area contributed by atoms with Gasteiger partial charge in [0.2, 0.25) is 5.91 Å². The average molecular weight is 506 g/mol. The molecule has 0 saturated carbocycles. The van der Waals surface area contributed by atoms with Gasteiger partial charge in [-0.25, -0.2) is 17.8 Å². The van der Waals surface area contributed by atoms with Crippen molar-refractivity contribution in [1.82, 2.24) is 9.97 Å². The molecule has 4 aromatic rings. The van der Waals surface area contributed by atoms with E-state index < -0.39 is 27.3 Å². The Hall–Kier alpha value is -3.08. The van der Waals surface area contributed by atoms with Crippen LogP contribution in [-0.2, 0) is 21.2 Å². The second-order valence-corrected chi connectivity index (χ2v) is 10.4. The van der Waals surface area contributed by atoms with Crippen molar-refractivity contribution in [3.05, 3.63) is 77.3 Å². The van der Waals surface area contributed by atoms with E-state index in [9.17, 15) is 17.6 Å². The third kappa shape index (κ3) is 4.97. The van der Waals surface area contributed by atoms with Crippen molar-refractivity contribution in [1.29, 1.82) is 0 Å². The summed E-state index contributed by atoms with van der Waals surface area (Å²) in [5.41, 5.74) is 1.15. The van der Waals surface area contributed by atoms with E-state index in [1.807, 2.05) is 0 Å². The van der Waals surface area contributed by atoms with Crippen LogP contribution < -0.4 is 9.64 Å². The topological polar surface area (TPSA) is 89.5 Å². The summed E-state index contributed by atoms with van der Waals surface area (Å²) in [5.74, 6) is -1.61. The molecule has 33 heavy (non-hydrogen) atoms. The summed E-state index contributed by atoms with van der Waals surface area (Å²) in [4.78, 5) is 23.0. The van der Waals surface area contributed by atoms with Gasteiger partial charge in [-0.3, -0.25) is 14.7 Å². The van der Waals surface area contributed by atoms with Crippen LogP contribution in [0.2, 0.25) is 5.02 Å². The zero-order valence-electron chi connectivity index (χ0n) is 17.2. The molecule has 7 nitrogen and oxygen atoms in total. The summed E-state index contributed by atoms with van der Waals surface area (Å²) in [5, 5.41) is 0.696. The minimum Gasteiger partial charge on any atom is -0.494 e. The lowest BCUT2D eigenvalue weighted by Gasteiger charge is -2.20. The maximum absolute atomic E-state index is 13.3. The lowest BCUT2D eigenvalue weighted by molar-refractivity contribution is -0.116. The van der Waals surface area contributed by atoms with Crippen molar-refractivity contribution >= 4 is 54.0 Å². The summed E-state index contributed by atoms with van der Waals surface area (Å²) < 4.78 is 44.8. The molecular formula is C22H17ClFN3O4S2. The largest absolute Gasteiger partial charge is 0.494 e. The van der Waals surface area contributed by atoms with Gasteiger partial charge in [-0.2, -0.15) is 0 Å². The number of benzene rings is 2. The summed E-state index contributed by atoms with van der Waals surface area (Å²) in [7, 11) is -2.52. The number of thiazole rings is 1. The number of aromatic nitrogens is 2. The number of fused-ring (bicyclic) bond motifs is 1. The van der Waals surface area contributed by atoms with Gasteiger partial charge in [0.15, 0.2) is 15.0 Å². The number of carbonyl (C=O) groups excluding carboxylic acids is 1. The lowest BCUT2D eigenvalue weighted by Crippen LogP contribution is -2.35. The standard InChI is InChI=1S/C22H17ClFN3O4S2/c1-31-18-9-8-17(23)21-20(18)26-22(32-21)27(12-14-3-2-10-25-11-14)19(28)13-33(29,30)16-6-4-15(24)5-7-16/h2-11H,12-13H2,1H3. The Morgan fingerprint density at radius 1 is 1.18 bits per heavy atom. The van der Waals surface area contributed by atoms with Gasteiger partial charge in [-0.15, -0.1) is 0 Å². The highest BCUT2D eigenvalue weighted by atomic mass is 35.5. The monoisotopic (exact) mass is 505 g/mol. The molecule has 0 aliphatic carbocycles. The molecule has 0 aliphatic rings. The number of nitrogens with zero attached hydrogens (tertiary/aromatic N) is 3. The van der Waals surface area contributed by atoms with Gasteiger partial charge < -0.3 is 4.74 Å². The van der Waals surface area contributed by atoms with E-state index in [4.69, 9.17) is 16.3 Å². The number of sulfone groups is 1. The van der Waals surface area contributed by atoms with Crippen LogP contribution in [-0.4, -0.2) is 37.2 Å². The summed E-state index contributed by atoms with van der Waals surface area (Å²) >= 11 is 7.47. The van der Waals surface area contributed by atoms with Gasteiger partial charge in [0.1, 0.15) is 22.8 Å². The van der Waals surface area contributed by atoms with E-state index in [-0.39, 0.29) is 16.6 Å². The maximum atomic E-state index is 13.3. The first-order valence-electron chi connectivity index (χ1n) is 9.59. The number of ether oxygens (including phenoxy) is 1. The second-order valence-electron chi connectivity index (χ2n) is 6.98. The third-order valence-electron chi connectivity index (χ3n) is 4.75. The molecule has 0 spiro atoms. The first kappa shape index (κ1) is 23.1. The molecule has 170 valence electrons. The molecule has 2 aromatic heterocycles. The number of amides is 1. The van der Waals surface area contributed by atoms with Gasteiger partial charge in [-0.05, 0) is 48.0 Å². The Kier molecular flexibility index (Phi) is 6.59. The Labute approximate surface area is 198 Å². The second kappa shape index (κ2) is 9.42. The van der Waals surface area contributed by atoms with Gasteiger partial charge in [-0.1, -0.05) is 29.0 Å². The molecule has 4 rings (SSSR count). The fourth-order valence-electron chi connectivity index (χ4n) is 3.12. The molecule has 1 amide bonds. The van der Waals surface area contributed by atoms with Crippen LogP contribution in [0.1, 0.15) is 5.56 Å². The molecule has 0 aliphatic heterocycles. The van der Waals surface area contributed by atoms with Crippen molar-refractivity contribution in [2.45, 2.75) is 11.4 Å². The molecule has 0 saturated heterocycles. The van der Waals surface area contributed by atoms with Gasteiger partial charge in [0.25, 0.3) is 0 Å². The maximum Gasteiger partial charge on any atom is 0.244 e. The first-order chi connectivity index (χ1) is 15.8. The molecule has 0 unspecified atom stereocenters. The minimum absolute atomic E-state index is 0.0470. The van der Waals surface area contributed by atoms with Crippen LogP contribution in [0.3, 0.4) is 0 Å². The highest BCUT2D eigenvalue weighted by Crippen LogP contribution is 2.39. The Morgan fingerprint density at radius 3 is 2.61 bits per heavy atom. The zero-order valence-corrected chi connectivity index (χ0v) is 19.6. The molecular weight excluding hydrogens is 489 g/mol. The number of hydrogen-bond donors (Lipinski definition) is 0. The number of anilines is 1. The molecule has 11 heteroatoms. The van der Waals surface area contributed by atoms with E-state index in [2.05, 4.69) is 9.97 Å². The summed E-state index contributed by atoms with van der Waals surface area (Å²) in [6.45, 7) is 0.0470. The highest BCUT2D eigenvalue weighted by molar-refractivity contribution is 7.92. The van der Waals surface area contributed by atoms with Crippen LogP contribution >= 0.6 is 22.9 Å². The van der Waals surface area contributed by atoms with Crippen molar-refractivity contribution in [2.24, 2.45) is 0 Å². The smallest absolute Gasteiger partial charge is 0.244 e. The normalized spacial score (nSPS) is 11.5. The Bertz CT molecular complexity index is 1410. The van der Waals surface area contributed by atoms with Crippen LogP contribution in [0, 0.1) is 5.82 Å². The molecule has 0 N–H and O–H groups in total. The Balaban J connectivity index is 1.74. The minimum atomic E-state index is -4.02. The fourth-order valence-corrected chi connectivity index (χ4v) is 5.59. The number of rotatable bonds is 7. The number of halogens is 2. The molecule has 2 heterocycles. The van der Waals surface area contributed by atoms with E-state index in [0.717, 1.165) is 35.6 Å². The number of hydrogen-bond acceptors (Lipinski definition) is 7. The molecule has 0 radical (unpaired) electrons. The third-order valence-corrected chi connectivity index (χ3v) is 7.90. The van der Waals surface area contributed by atoms with Crippen LogP contribution in [0.4, 0.5) is 9.52 Å². The van der Waals surface area contributed by atoms with E-state index in [1.165, 1.54) is 12.0 Å². The van der Waals surface area contributed by atoms with E-state index in [0.29, 0.717) is 26.6 Å². The number of carbonyl (C=O) groups is 1. The van der Waals surface area contributed by atoms with Crippen molar-refractivity contribution in [3.8, 4) is 5.75 Å². The fraction of sp³-hybridized carbons (Fsp3) is 0.136. The number of pyridine rings is 1. The number of methoxy groups -OCH3 is 1. The Morgan fingerprint density at radius 2 is 1.94 bits per heavy atom. The van der Waals surface area contributed by atoms with E-state index >= 15 is 0 Å². The first-order valence-corrected chi connectivity index (χ1v) is 12.4. The highest BCUT2D eigenvalue weighted by Gasteiger charge is 2.28. The lowest BCUT2D eigenvalue weighted by atomic mass is 10.2. The summed E-state index contributed by atoms with van der Waals surface area (Å²) in [6.07, 6.45) is 3.17. The molecule has 0 fully saturated rings. The average Bonchev–Trinajstić information content (AvgIpc) is 3.24.